The van der Waals surface area contributed by atoms with Crippen molar-refractivity contribution < 1.29 is 9.47 Å². The van der Waals surface area contributed by atoms with Crippen molar-refractivity contribution in [1.82, 2.24) is 0 Å². The van der Waals surface area contributed by atoms with Crippen LogP contribution in [0.5, 0.6) is 0 Å². The molecule has 0 aromatic rings. The fraction of sp³-hybridized carbons (Fsp3) is 1.00. The Bertz CT molecular complexity index is 57.0. The summed E-state index contributed by atoms with van der Waals surface area (Å²) in [5.41, 5.74) is 5.30. The van der Waals surface area contributed by atoms with Gasteiger partial charge >= 0.3 is 0 Å². The first kappa shape index (κ1) is 8.88. The van der Waals surface area contributed by atoms with Crippen LogP contribution < -0.4 is 5.73 Å². The third-order valence-corrected chi connectivity index (χ3v) is 0.813. The Morgan fingerprint density at radius 2 is 2.11 bits per heavy atom. The molecule has 0 radical (unpaired) electrons. The van der Waals surface area contributed by atoms with Crippen molar-refractivity contribution in [3.05, 3.63) is 0 Å². The third-order valence-electron chi connectivity index (χ3n) is 0.813. The van der Waals surface area contributed by atoms with E-state index >= 15 is 0 Å². The summed E-state index contributed by atoms with van der Waals surface area (Å²) in [6, 6.07) is 0. The van der Waals surface area contributed by atoms with E-state index in [-0.39, 0.29) is 6.23 Å². The summed E-state index contributed by atoms with van der Waals surface area (Å²) in [5.74, 6) is 0. The van der Waals surface area contributed by atoms with Gasteiger partial charge in [0.25, 0.3) is 0 Å². The number of nitrogens with two attached hydrogens (primary N) is 1. The summed E-state index contributed by atoms with van der Waals surface area (Å²) >= 11 is 0. The van der Waals surface area contributed by atoms with Crippen LogP contribution in [0.4, 0.5) is 0 Å². The highest BCUT2D eigenvalue weighted by Gasteiger charge is 1.90. The molecule has 0 rings (SSSR count). The quantitative estimate of drug-likeness (QED) is 0.434. The molecule has 0 aliphatic carbocycles. The molecular weight excluding hydrogens is 118 g/mol. The first-order valence-corrected chi connectivity index (χ1v) is 3.22. The van der Waals surface area contributed by atoms with Gasteiger partial charge in [0.1, 0.15) is 6.23 Å². The molecule has 0 heterocycles. The molecule has 1 atom stereocenters. The Kier molecular flexibility index (Phi) is 5.93. The molecule has 56 valence electrons. The van der Waals surface area contributed by atoms with Crippen molar-refractivity contribution in [2.24, 2.45) is 5.73 Å². The number of ether oxygens (including phenoxy) is 2. The van der Waals surface area contributed by atoms with Crippen LogP contribution in [-0.4, -0.2) is 26.0 Å². The van der Waals surface area contributed by atoms with Crippen molar-refractivity contribution >= 4 is 0 Å². The van der Waals surface area contributed by atoms with Crippen molar-refractivity contribution in [3.63, 3.8) is 0 Å². The average molecular weight is 133 g/mol. The maximum absolute atomic E-state index is 5.30. The van der Waals surface area contributed by atoms with Gasteiger partial charge in [-0.3, -0.25) is 0 Å². The summed E-state index contributed by atoms with van der Waals surface area (Å²) in [6.07, 6.45) is -0.176. The van der Waals surface area contributed by atoms with Crippen LogP contribution in [0.1, 0.15) is 13.8 Å². The van der Waals surface area contributed by atoms with Crippen LogP contribution in [0.2, 0.25) is 0 Å². The van der Waals surface area contributed by atoms with Gasteiger partial charge in [0.2, 0.25) is 0 Å². The molecule has 9 heavy (non-hydrogen) atoms. The van der Waals surface area contributed by atoms with Crippen molar-refractivity contribution in [2.45, 2.75) is 20.1 Å². The number of hydrogen-bond acceptors (Lipinski definition) is 3. The van der Waals surface area contributed by atoms with E-state index in [2.05, 4.69) is 0 Å². The smallest absolute Gasteiger partial charge is 0.102 e. The molecule has 0 saturated heterocycles. The largest absolute Gasteiger partial charge is 0.379 e. The van der Waals surface area contributed by atoms with Crippen LogP contribution in [0.15, 0.2) is 0 Å². The van der Waals surface area contributed by atoms with E-state index < -0.39 is 0 Å². The summed E-state index contributed by atoms with van der Waals surface area (Å²) in [4.78, 5) is 0. The van der Waals surface area contributed by atoms with Gasteiger partial charge in [-0.15, -0.1) is 0 Å². The van der Waals surface area contributed by atoms with Gasteiger partial charge in [0, 0.05) is 6.61 Å². The Balaban J connectivity index is 2.75. The van der Waals surface area contributed by atoms with Crippen LogP contribution in [0, 0.1) is 0 Å². The minimum atomic E-state index is -0.176. The second kappa shape index (κ2) is 6.01. The monoisotopic (exact) mass is 133 g/mol. The normalized spacial score (nSPS) is 13.7. The Morgan fingerprint density at radius 1 is 1.44 bits per heavy atom. The van der Waals surface area contributed by atoms with Crippen molar-refractivity contribution in [1.29, 1.82) is 0 Å². The first-order valence-electron chi connectivity index (χ1n) is 3.22. The van der Waals surface area contributed by atoms with Crippen LogP contribution in [0.25, 0.3) is 0 Å². The molecule has 0 aromatic carbocycles. The lowest BCUT2D eigenvalue weighted by atomic mass is 10.7. The van der Waals surface area contributed by atoms with Crippen molar-refractivity contribution in [2.75, 3.05) is 19.8 Å². The predicted octanol–water partition coefficient (Wildman–Crippen LogP) is 0.344. The molecule has 0 amide bonds. The van der Waals surface area contributed by atoms with Crippen LogP contribution >= 0.6 is 0 Å². The molecule has 0 aromatic heterocycles. The summed E-state index contributed by atoms with van der Waals surface area (Å²) in [5, 5.41) is 0. The van der Waals surface area contributed by atoms with Crippen LogP contribution in [0.3, 0.4) is 0 Å². The van der Waals surface area contributed by atoms with E-state index in [1.54, 1.807) is 6.92 Å². The number of hydrogen-bond donors (Lipinski definition) is 1. The molecular formula is C6H15NO2. The fourth-order valence-electron chi connectivity index (χ4n) is 0.437. The lowest BCUT2D eigenvalue weighted by Gasteiger charge is -2.06. The molecule has 0 saturated carbocycles. The molecule has 0 aliphatic rings. The molecule has 2 N–H and O–H groups in total. The Labute approximate surface area is 56.1 Å². The highest BCUT2D eigenvalue weighted by Crippen LogP contribution is 1.80. The first-order chi connectivity index (χ1) is 4.27. The lowest BCUT2D eigenvalue weighted by molar-refractivity contribution is 0.0182. The van der Waals surface area contributed by atoms with Gasteiger partial charge in [0.05, 0.1) is 13.2 Å². The average Bonchev–Trinajstić information content (AvgIpc) is 1.80. The zero-order valence-corrected chi connectivity index (χ0v) is 6.09. The zero-order chi connectivity index (χ0) is 7.11. The lowest BCUT2D eigenvalue weighted by Crippen LogP contribution is -2.21. The SMILES string of the molecule is CCOCCO[C@@H](C)N. The van der Waals surface area contributed by atoms with Gasteiger partial charge in [-0.25, -0.2) is 0 Å². The fourth-order valence-corrected chi connectivity index (χ4v) is 0.437. The summed E-state index contributed by atoms with van der Waals surface area (Å²) in [7, 11) is 0. The van der Waals surface area contributed by atoms with Gasteiger partial charge in [0.15, 0.2) is 0 Å². The van der Waals surface area contributed by atoms with Crippen molar-refractivity contribution in [3.8, 4) is 0 Å². The Hall–Kier alpha value is -0.120. The van der Waals surface area contributed by atoms with E-state index in [1.807, 2.05) is 6.92 Å². The predicted molar refractivity (Wildman–Crippen MR) is 36.1 cm³/mol. The van der Waals surface area contributed by atoms with E-state index in [4.69, 9.17) is 15.2 Å². The van der Waals surface area contributed by atoms with Gasteiger partial charge in [-0.2, -0.15) is 0 Å². The second-order valence-electron chi connectivity index (χ2n) is 1.77. The van der Waals surface area contributed by atoms with E-state index in [1.165, 1.54) is 0 Å². The molecule has 0 unspecified atom stereocenters. The third kappa shape index (κ3) is 7.88. The maximum Gasteiger partial charge on any atom is 0.102 e. The van der Waals surface area contributed by atoms with E-state index in [0.717, 1.165) is 6.61 Å². The summed E-state index contributed by atoms with van der Waals surface area (Å²) < 4.78 is 10.0. The molecule has 0 spiro atoms. The van der Waals surface area contributed by atoms with Gasteiger partial charge < -0.3 is 15.2 Å². The summed E-state index contributed by atoms with van der Waals surface area (Å²) in [6.45, 7) is 5.71. The molecule has 3 nitrogen and oxygen atoms in total. The molecule has 0 aliphatic heterocycles. The second-order valence-corrected chi connectivity index (χ2v) is 1.77. The molecule has 0 bridgehead atoms. The minimum absolute atomic E-state index is 0.176. The Morgan fingerprint density at radius 3 is 2.56 bits per heavy atom. The van der Waals surface area contributed by atoms with Crippen LogP contribution in [-0.2, 0) is 9.47 Å². The molecule has 3 heteroatoms. The van der Waals surface area contributed by atoms with Gasteiger partial charge in [-0.1, -0.05) is 0 Å². The number of rotatable bonds is 5. The van der Waals surface area contributed by atoms with E-state index in [0.29, 0.717) is 13.2 Å². The van der Waals surface area contributed by atoms with E-state index in [9.17, 15) is 0 Å². The minimum Gasteiger partial charge on any atom is -0.379 e. The molecule has 0 fully saturated rings. The zero-order valence-electron chi connectivity index (χ0n) is 6.09. The standard InChI is InChI=1S/C6H15NO2/c1-3-8-4-5-9-6(2)7/h6H,3-5,7H2,1-2H3/t6-/m0/s1. The highest BCUT2D eigenvalue weighted by atomic mass is 16.5. The van der Waals surface area contributed by atoms with Gasteiger partial charge in [-0.05, 0) is 13.8 Å². The maximum atomic E-state index is 5.30. The highest BCUT2D eigenvalue weighted by molar-refractivity contribution is 4.33. The topological polar surface area (TPSA) is 44.5 Å².